The summed E-state index contributed by atoms with van der Waals surface area (Å²) in [6.45, 7) is 1.05. The Morgan fingerprint density at radius 3 is 1.84 bits per heavy atom. The zero-order chi connectivity index (χ0) is 13.1. The van der Waals surface area contributed by atoms with Gasteiger partial charge in [0.1, 0.15) is 4.32 Å². The molecule has 19 heavy (non-hydrogen) atoms. The largest absolute Gasteiger partial charge is 0.328 e. The first-order valence-corrected chi connectivity index (χ1v) is 8.89. The van der Waals surface area contributed by atoms with Crippen molar-refractivity contribution < 1.29 is 0 Å². The summed E-state index contributed by atoms with van der Waals surface area (Å²) in [6.07, 6.45) is 0. The van der Waals surface area contributed by atoms with Crippen molar-refractivity contribution in [1.29, 1.82) is 0 Å². The lowest BCUT2D eigenvalue weighted by Gasteiger charge is -2.29. The fourth-order valence-electron chi connectivity index (χ4n) is 2.13. The summed E-state index contributed by atoms with van der Waals surface area (Å²) < 4.78 is 3.44. The molecule has 96 valence electrons. The van der Waals surface area contributed by atoms with Crippen LogP contribution in [0.25, 0.3) is 0 Å². The number of thioether (sulfide) groups is 1. The second-order valence-electron chi connectivity index (χ2n) is 4.22. The van der Waals surface area contributed by atoms with Gasteiger partial charge in [-0.1, -0.05) is 84.6 Å². The fraction of sp³-hybridized carbons (Fsp3) is 0.133. The molecule has 0 N–H and O–H groups in total. The van der Waals surface area contributed by atoms with E-state index in [4.69, 9.17) is 12.2 Å². The van der Waals surface area contributed by atoms with E-state index in [9.17, 15) is 0 Å². The fourth-order valence-corrected chi connectivity index (χ4v) is 6.19. The minimum atomic E-state index is -0.520. The molecule has 1 nitrogen and oxygen atoms in total. The molecule has 1 heterocycles. The first kappa shape index (κ1) is 13.1. The van der Waals surface area contributed by atoms with Gasteiger partial charge in [-0.25, -0.2) is 0 Å². The Labute approximate surface area is 124 Å². The van der Waals surface area contributed by atoms with Crippen molar-refractivity contribution in [3.05, 3.63) is 60.7 Å². The number of rotatable bonds is 3. The summed E-state index contributed by atoms with van der Waals surface area (Å²) in [5.41, 5.74) is 0. The maximum atomic E-state index is 5.52. The van der Waals surface area contributed by atoms with Crippen LogP contribution in [0.3, 0.4) is 0 Å². The molecule has 2 aromatic rings. The van der Waals surface area contributed by atoms with Crippen LogP contribution < -0.4 is 10.6 Å². The molecular formula is C15H14NPS2. The molecule has 1 aliphatic heterocycles. The summed E-state index contributed by atoms with van der Waals surface area (Å²) in [7, 11) is -0.520. The molecule has 0 atom stereocenters. The molecule has 4 heteroatoms. The molecule has 0 spiro atoms. The molecule has 0 unspecified atom stereocenters. The van der Waals surface area contributed by atoms with Gasteiger partial charge in [0, 0.05) is 22.9 Å². The average Bonchev–Trinajstić information content (AvgIpc) is 2.88. The summed E-state index contributed by atoms with van der Waals surface area (Å²) in [5, 5.41) is 2.74. The second-order valence-corrected chi connectivity index (χ2v) is 8.09. The van der Waals surface area contributed by atoms with E-state index in [1.807, 2.05) is 0 Å². The molecule has 0 amide bonds. The third-order valence-electron chi connectivity index (χ3n) is 2.98. The van der Waals surface area contributed by atoms with Crippen LogP contribution in [0.5, 0.6) is 0 Å². The van der Waals surface area contributed by atoms with Gasteiger partial charge in [0.05, 0.1) is 8.07 Å². The first-order valence-electron chi connectivity index (χ1n) is 6.21. The topological polar surface area (TPSA) is 3.24 Å². The molecule has 3 rings (SSSR count). The average molecular weight is 303 g/mol. The van der Waals surface area contributed by atoms with Gasteiger partial charge in [0.25, 0.3) is 0 Å². The monoisotopic (exact) mass is 303 g/mol. The molecule has 0 saturated carbocycles. The van der Waals surface area contributed by atoms with Crippen LogP contribution in [0, 0.1) is 0 Å². The Morgan fingerprint density at radius 1 is 0.895 bits per heavy atom. The van der Waals surface area contributed by atoms with Gasteiger partial charge in [-0.3, -0.25) is 0 Å². The van der Waals surface area contributed by atoms with E-state index >= 15 is 0 Å². The Balaban J connectivity index is 2.03. The van der Waals surface area contributed by atoms with Gasteiger partial charge in [0.15, 0.2) is 0 Å². The van der Waals surface area contributed by atoms with Crippen LogP contribution >= 0.6 is 32.1 Å². The predicted molar refractivity (Wildman–Crippen MR) is 90.8 cm³/mol. The highest BCUT2D eigenvalue weighted by Crippen LogP contribution is 2.43. The highest BCUT2D eigenvalue weighted by molar-refractivity contribution is 8.23. The molecular weight excluding hydrogens is 289 g/mol. The van der Waals surface area contributed by atoms with Gasteiger partial charge in [-0.05, 0) is 0 Å². The maximum Gasteiger partial charge on any atom is 0.140 e. The number of benzene rings is 2. The Morgan fingerprint density at radius 2 is 1.42 bits per heavy atom. The lowest BCUT2D eigenvalue weighted by molar-refractivity contribution is 0.750. The van der Waals surface area contributed by atoms with E-state index in [1.54, 1.807) is 11.8 Å². The summed E-state index contributed by atoms with van der Waals surface area (Å²) in [5.74, 6) is 1.11. The Bertz CT molecular complexity index is 519. The van der Waals surface area contributed by atoms with Gasteiger partial charge >= 0.3 is 0 Å². The normalized spacial score (nSPS) is 15.2. The standard InChI is InChI=1S/C15H14NPS2/c18-15-16(11-12-19-15)17(13-7-3-1-4-8-13)14-9-5-2-6-10-14/h1-10H,11-12H2. The van der Waals surface area contributed by atoms with Crippen molar-refractivity contribution in [2.75, 3.05) is 12.3 Å². The minimum Gasteiger partial charge on any atom is -0.328 e. The molecule has 0 aliphatic carbocycles. The zero-order valence-electron chi connectivity index (χ0n) is 10.4. The molecule has 1 aliphatic rings. The quantitative estimate of drug-likeness (QED) is 0.632. The SMILES string of the molecule is S=C1SCCN1P(c1ccccc1)c1ccccc1. The van der Waals surface area contributed by atoms with E-state index in [-0.39, 0.29) is 0 Å². The van der Waals surface area contributed by atoms with E-state index in [0.717, 1.165) is 16.6 Å². The number of thiocarbonyl (C=S) groups is 1. The van der Waals surface area contributed by atoms with Crippen molar-refractivity contribution in [1.82, 2.24) is 4.67 Å². The number of nitrogens with zero attached hydrogens (tertiary/aromatic N) is 1. The lowest BCUT2D eigenvalue weighted by atomic mass is 10.4. The van der Waals surface area contributed by atoms with Gasteiger partial charge in [-0.2, -0.15) is 0 Å². The lowest BCUT2D eigenvalue weighted by Crippen LogP contribution is -2.28. The second kappa shape index (κ2) is 6.04. The Kier molecular flexibility index (Phi) is 4.17. The molecule has 0 radical (unpaired) electrons. The van der Waals surface area contributed by atoms with Crippen molar-refractivity contribution in [2.24, 2.45) is 0 Å². The minimum absolute atomic E-state index is 0.520. The molecule has 1 saturated heterocycles. The van der Waals surface area contributed by atoms with E-state index in [2.05, 4.69) is 65.3 Å². The van der Waals surface area contributed by atoms with Crippen LogP contribution in [0.4, 0.5) is 0 Å². The van der Waals surface area contributed by atoms with Crippen molar-refractivity contribution in [3.8, 4) is 0 Å². The van der Waals surface area contributed by atoms with Crippen LogP contribution in [-0.2, 0) is 0 Å². The highest BCUT2D eigenvalue weighted by atomic mass is 32.2. The van der Waals surface area contributed by atoms with Gasteiger partial charge < -0.3 is 4.67 Å². The molecule has 2 aromatic carbocycles. The molecule has 1 fully saturated rings. The molecule has 0 aromatic heterocycles. The van der Waals surface area contributed by atoms with Crippen LogP contribution in [0.1, 0.15) is 0 Å². The maximum absolute atomic E-state index is 5.52. The first-order chi connectivity index (χ1) is 9.36. The number of hydrogen-bond acceptors (Lipinski definition) is 2. The molecule has 0 bridgehead atoms. The van der Waals surface area contributed by atoms with Gasteiger partial charge in [-0.15, -0.1) is 0 Å². The van der Waals surface area contributed by atoms with Crippen molar-refractivity contribution >= 4 is 47.0 Å². The van der Waals surface area contributed by atoms with Gasteiger partial charge in [0.2, 0.25) is 0 Å². The van der Waals surface area contributed by atoms with Crippen LogP contribution in [0.15, 0.2) is 60.7 Å². The third-order valence-corrected chi connectivity index (χ3v) is 7.14. The van der Waals surface area contributed by atoms with Crippen molar-refractivity contribution in [2.45, 2.75) is 0 Å². The zero-order valence-corrected chi connectivity index (χ0v) is 12.9. The van der Waals surface area contributed by atoms with Crippen molar-refractivity contribution in [3.63, 3.8) is 0 Å². The smallest absolute Gasteiger partial charge is 0.140 e. The summed E-state index contributed by atoms with van der Waals surface area (Å²) >= 11 is 7.32. The summed E-state index contributed by atoms with van der Waals surface area (Å²) in [6, 6.07) is 21.4. The predicted octanol–water partition coefficient (Wildman–Crippen LogP) is 3.37. The van der Waals surface area contributed by atoms with E-state index in [1.165, 1.54) is 10.6 Å². The van der Waals surface area contributed by atoms with E-state index < -0.39 is 8.07 Å². The Hall–Kier alpha value is -0.890. The number of hydrogen-bond donors (Lipinski definition) is 0. The van der Waals surface area contributed by atoms with E-state index in [0.29, 0.717) is 0 Å². The third kappa shape index (κ3) is 2.84. The highest BCUT2D eigenvalue weighted by Gasteiger charge is 2.28. The van der Waals surface area contributed by atoms with Crippen LogP contribution in [-0.4, -0.2) is 21.3 Å². The summed E-state index contributed by atoms with van der Waals surface area (Å²) in [4.78, 5) is 0. The van der Waals surface area contributed by atoms with Crippen LogP contribution in [0.2, 0.25) is 0 Å².